The molecule has 0 aliphatic carbocycles. The maximum atomic E-state index is 14.5. The van der Waals surface area contributed by atoms with Crippen molar-refractivity contribution in [3.8, 4) is 0 Å². The van der Waals surface area contributed by atoms with Gasteiger partial charge in [-0.3, -0.25) is 25.2 Å². The van der Waals surface area contributed by atoms with E-state index < -0.39 is 18.2 Å². The Kier molecular flexibility index (Phi) is 6.59. The molecule has 2 N–H and O–H groups in total. The zero-order chi connectivity index (χ0) is 21.3. The first kappa shape index (κ1) is 21.5. The molecule has 0 aromatic heterocycles. The molecule has 4 rings (SSSR count). The lowest BCUT2D eigenvalue weighted by atomic mass is 9.96. The summed E-state index contributed by atoms with van der Waals surface area (Å²) < 4.78 is 19.9. The molecule has 0 bridgehead atoms. The lowest BCUT2D eigenvalue weighted by Gasteiger charge is -2.50. The van der Waals surface area contributed by atoms with Crippen molar-refractivity contribution in [3.05, 3.63) is 35.6 Å². The van der Waals surface area contributed by atoms with Gasteiger partial charge in [-0.15, -0.1) is 11.8 Å². The van der Waals surface area contributed by atoms with Gasteiger partial charge in [0, 0.05) is 45.0 Å². The number of nitrogens with zero attached hydrogens (tertiary/aromatic N) is 3. The highest BCUT2D eigenvalue weighted by Gasteiger charge is 2.51. The van der Waals surface area contributed by atoms with Crippen molar-refractivity contribution in [1.82, 2.24) is 25.3 Å². The fraction of sp³-hybridized carbons (Fsp3) is 0.600. The number of thioether (sulfide) groups is 1. The van der Waals surface area contributed by atoms with Crippen LogP contribution in [0.3, 0.4) is 0 Å². The van der Waals surface area contributed by atoms with Gasteiger partial charge in [-0.05, 0) is 6.07 Å². The van der Waals surface area contributed by atoms with Crippen molar-refractivity contribution < 1.29 is 18.7 Å². The number of halogens is 1. The van der Waals surface area contributed by atoms with E-state index in [1.54, 1.807) is 37.0 Å². The van der Waals surface area contributed by atoms with Crippen LogP contribution in [-0.4, -0.2) is 90.9 Å². The molecular weight excluding hydrogens is 409 g/mol. The van der Waals surface area contributed by atoms with E-state index in [2.05, 4.69) is 15.5 Å². The quantitative estimate of drug-likeness (QED) is 0.708. The monoisotopic (exact) mass is 437 g/mol. The molecule has 10 heteroatoms. The van der Waals surface area contributed by atoms with Gasteiger partial charge in [0.25, 0.3) is 0 Å². The Hall–Kier alpha value is -1.72. The van der Waals surface area contributed by atoms with Crippen LogP contribution in [0.2, 0.25) is 0 Å². The number of ether oxygens (including phenoxy) is 1. The van der Waals surface area contributed by atoms with Crippen molar-refractivity contribution in [2.24, 2.45) is 5.92 Å². The van der Waals surface area contributed by atoms with Crippen molar-refractivity contribution in [3.63, 3.8) is 0 Å². The third-order valence-corrected chi connectivity index (χ3v) is 7.19. The van der Waals surface area contributed by atoms with Gasteiger partial charge in [0.05, 0.1) is 36.8 Å². The van der Waals surface area contributed by atoms with Crippen LogP contribution in [-0.2, 0) is 9.53 Å². The zero-order valence-corrected chi connectivity index (χ0v) is 18.0. The number of rotatable bonds is 5. The molecular formula is C20H28FN5O3S. The molecule has 3 saturated heterocycles. The molecule has 0 spiro atoms. The number of carbonyl (C=O) groups is 2. The summed E-state index contributed by atoms with van der Waals surface area (Å²) in [6.45, 7) is 4.19. The molecule has 1 aromatic carbocycles. The van der Waals surface area contributed by atoms with Gasteiger partial charge in [-0.25, -0.2) is 9.18 Å². The van der Waals surface area contributed by atoms with Crippen LogP contribution in [0.1, 0.15) is 11.7 Å². The molecule has 0 radical (unpaired) electrons. The Balaban J connectivity index is 1.53. The van der Waals surface area contributed by atoms with E-state index in [1.165, 1.54) is 22.9 Å². The number of hydrogen-bond donors (Lipinski definition) is 2. The van der Waals surface area contributed by atoms with E-state index in [0.717, 1.165) is 38.6 Å². The van der Waals surface area contributed by atoms with Gasteiger partial charge in [0.2, 0.25) is 5.91 Å². The van der Waals surface area contributed by atoms with Gasteiger partial charge in [0.15, 0.2) is 0 Å². The zero-order valence-electron chi connectivity index (χ0n) is 17.2. The number of morpholine rings is 1. The number of benzene rings is 1. The SMILES string of the molecule is CN1C(=O)C2C(SCCN3CCOCC3)NC(c3ccccc3F)NC2N(C)C1=O. The number of fused-ring (bicyclic) bond motifs is 1. The Bertz CT molecular complexity index is 793. The summed E-state index contributed by atoms with van der Waals surface area (Å²) in [5.74, 6) is -0.194. The molecule has 4 atom stereocenters. The standard InChI is InChI=1S/C20H28FN5O3S/c1-24-17-15(19(27)25(2)20(24)28)18(30-12-9-26-7-10-29-11-8-26)23-16(22-17)13-5-3-4-6-14(13)21/h3-6,15-18,22-23H,7-12H2,1-2H3. The number of nitrogens with one attached hydrogen (secondary N) is 2. The number of hydrogen-bond acceptors (Lipinski definition) is 7. The fourth-order valence-corrected chi connectivity index (χ4v) is 5.54. The van der Waals surface area contributed by atoms with Crippen molar-refractivity contribution in [1.29, 1.82) is 0 Å². The Labute approximate surface area is 180 Å². The van der Waals surface area contributed by atoms with Crippen LogP contribution >= 0.6 is 11.8 Å². The molecule has 164 valence electrons. The predicted octanol–water partition coefficient (Wildman–Crippen LogP) is 0.875. The number of carbonyl (C=O) groups excluding carboxylic acids is 2. The molecule has 3 heterocycles. The van der Waals surface area contributed by atoms with Crippen LogP contribution in [0.4, 0.5) is 9.18 Å². The second-order valence-corrected chi connectivity index (χ2v) is 9.04. The summed E-state index contributed by atoms with van der Waals surface area (Å²) in [5.41, 5.74) is 0.474. The van der Waals surface area contributed by atoms with Crippen molar-refractivity contribution >= 4 is 23.7 Å². The van der Waals surface area contributed by atoms with Crippen LogP contribution < -0.4 is 10.6 Å². The molecule has 1 aromatic rings. The van der Waals surface area contributed by atoms with Crippen LogP contribution in [0, 0.1) is 11.7 Å². The lowest BCUT2D eigenvalue weighted by Crippen LogP contribution is -2.72. The average Bonchev–Trinajstić information content (AvgIpc) is 2.77. The van der Waals surface area contributed by atoms with Gasteiger partial charge in [0.1, 0.15) is 5.82 Å². The van der Waals surface area contributed by atoms with Gasteiger partial charge in [-0.2, -0.15) is 0 Å². The largest absolute Gasteiger partial charge is 0.379 e. The molecule has 3 fully saturated rings. The Morgan fingerprint density at radius 3 is 2.63 bits per heavy atom. The summed E-state index contributed by atoms with van der Waals surface area (Å²) >= 11 is 1.65. The van der Waals surface area contributed by atoms with Crippen LogP contribution in [0.25, 0.3) is 0 Å². The smallest absolute Gasteiger partial charge is 0.327 e. The topological polar surface area (TPSA) is 77.2 Å². The maximum absolute atomic E-state index is 14.5. The average molecular weight is 438 g/mol. The third-order valence-electron chi connectivity index (χ3n) is 5.98. The Morgan fingerprint density at radius 2 is 1.90 bits per heavy atom. The number of amides is 3. The minimum absolute atomic E-state index is 0.223. The summed E-state index contributed by atoms with van der Waals surface area (Å²) in [4.78, 5) is 30.5. The summed E-state index contributed by atoms with van der Waals surface area (Å²) in [6.07, 6.45) is -1.01. The summed E-state index contributed by atoms with van der Waals surface area (Å²) in [6, 6.07) is 6.20. The normalized spacial score (nSPS) is 30.5. The molecule has 30 heavy (non-hydrogen) atoms. The van der Waals surface area contributed by atoms with Gasteiger partial charge < -0.3 is 9.64 Å². The minimum atomic E-state index is -0.507. The van der Waals surface area contributed by atoms with Gasteiger partial charge in [-0.1, -0.05) is 18.2 Å². The molecule has 8 nitrogen and oxygen atoms in total. The fourth-order valence-electron chi connectivity index (χ4n) is 4.22. The predicted molar refractivity (Wildman–Crippen MR) is 112 cm³/mol. The molecule has 4 unspecified atom stereocenters. The molecule has 3 aliphatic rings. The molecule has 3 amide bonds. The maximum Gasteiger partial charge on any atom is 0.327 e. The second-order valence-electron chi connectivity index (χ2n) is 7.79. The van der Waals surface area contributed by atoms with Crippen LogP contribution in [0.5, 0.6) is 0 Å². The van der Waals surface area contributed by atoms with Crippen LogP contribution in [0.15, 0.2) is 24.3 Å². The first-order valence-corrected chi connectivity index (χ1v) is 11.2. The van der Waals surface area contributed by atoms with E-state index in [4.69, 9.17) is 4.74 Å². The first-order chi connectivity index (χ1) is 14.5. The molecule has 0 saturated carbocycles. The second kappa shape index (κ2) is 9.19. The third kappa shape index (κ3) is 4.19. The van der Waals surface area contributed by atoms with Crippen molar-refractivity contribution in [2.75, 3.05) is 52.7 Å². The highest BCUT2D eigenvalue weighted by atomic mass is 32.2. The van der Waals surface area contributed by atoms with Crippen molar-refractivity contribution in [2.45, 2.75) is 17.7 Å². The highest BCUT2D eigenvalue weighted by molar-refractivity contribution is 7.99. The first-order valence-electron chi connectivity index (χ1n) is 10.2. The lowest BCUT2D eigenvalue weighted by molar-refractivity contribution is -0.140. The van der Waals surface area contributed by atoms with E-state index in [0.29, 0.717) is 5.56 Å². The van der Waals surface area contributed by atoms with E-state index >= 15 is 0 Å². The highest BCUT2D eigenvalue weighted by Crippen LogP contribution is 2.34. The minimum Gasteiger partial charge on any atom is -0.379 e. The number of imide groups is 1. The summed E-state index contributed by atoms with van der Waals surface area (Å²) in [5, 5.41) is 6.44. The Morgan fingerprint density at radius 1 is 1.17 bits per heavy atom. The van der Waals surface area contributed by atoms with E-state index in [1.807, 2.05) is 0 Å². The van der Waals surface area contributed by atoms with E-state index in [-0.39, 0.29) is 23.1 Å². The van der Waals surface area contributed by atoms with E-state index in [9.17, 15) is 14.0 Å². The summed E-state index contributed by atoms with van der Waals surface area (Å²) in [7, 11) is 3.19. The molecule has 3 aliphatic heterocycles. The van der Waals surface area contributed by atoms with Gasteiger partial charge >= 0.3 is 6.03 Å². The number of urea groups is 1.